The Morgan fingerprint density at radius 3 is 2.94 bits per heavy atom. The number of aromatic nitrogens is 3. The Kier molecular flexibility index (Phi) is 5.81. The Morgan fingerprint density at radius 1 is 1.39 bits per heavy atom. The van der Waals surface area contributed by atoms with Crippen LogP contribution in [-0.2, 0) is 0 Å². The number of nitrogens with zero attached hydrogens (tertiary/aromatic N) is 4. The number of pyridine rings is 1. The number of aryl methyl sites for hydroxylation is 1. The van der Waals surface area contributed by atoms with Crippen LogP contribution in [-0.4, -0.2) is 57.5 Å². The van der Waals surface area contributed by atoms with Gasteiger partial charge in [0.05, 0.1) is 12.3 Å². The van der Waals surface area contributed by atoms with Crippen molar-refractivity contribution in [2.75, 3.05) is 25.0 Å². The third kappa shape index (κ3) is 4.33. The van der Waals surface area contributed by atoms with E-state index in [1.165, 1.54) is 0 Å². The smallest absolute Gasteiger partial charge is 0.410 e. The molecule has 3 atom stereocenters. The number of fused-ring (bicyclic) bond motifs is 1. The number of nitrogens with one attached hydrogen (secondary N) is 1. The molecule has 0 radical (unpaired) electrons. The van der Waals surface area contributed by atoms with Gasteiger partial charge in [-0.05, 0) is 51.2 Å². The molecule has 31 heavy (non-hydrogen) atoms. The van der Waals surface area contributed by atoms with Gasteiger partial charge in [-0.25, -0.2) is 9.67 Å². The van der Waals surface area contributed by atoms with Crippen LogP contribution in [0, 0.1) is 12.8 Å². The minimum atomic E-state index is -4.39. The van der Waals surface area contributed by atoms with Gasteiger partial charge in [-0.2, -0.15) is 18.3 Å². The summed E-state index contributed by atoms with van der Waals surface area (Å²) >= 11 is 0. The quantitative estimate of drug-likeness (QED) is 0.787. The molecule has 0 unspecified atom stereocenters. The Morgan fingerprint density at radius 2 is 2.19 bits per heavy atom. The van der Waals surface area contributed by atoms with Crippen molar-refractivity contribution in [1.82, 2.24) is 19.7 Å². The summed E-state index contributed by atoms with van der Waals surface area (Å²) in [5, 5.41) is 7.28. The van der Waals surface area contributed by atoms with E-state index in [9.17, 15) is 18.0 Å². The lowest BCUT2D eigenvalue weighted by atomic mass is 9.85. The molecule has 0 aromatic carbocycles. The van der Waals surface area contributed by atoms with Crippen molar-refractivity contribution < 1.29 is 22.7 Å². The second-order valence-corrected chi connectivity index (χ2v) is 8.10. The molecule has 1 saturated heterocycles. The van der Waals surface area contributed by atoms with Gasteiger partial charge in [-0.3, -0.25) is 4.79 Å². The average Bonchev–Trinajstić information content (AvgIpc) is 3.12. The van der Waals surface area contributed by atoms with Crippen molar-refractivity contribution in [3.63, 3.8) is 0 Å². The van der Waals surface area contributed by atoms with Crippen LogP contribution in [0.4, 0.5) is 19.0 Å². The SMILES string of the molecule is CCOc1ncccc1C(=O)N1CCC[C@H]([C@@H]2C[C@@H](C(F)(F)F)n3nc(C)cc3N2)C1. The highest BCUT2D eigenvalue weighted by Crippen LogP contribution is 2.42. The standard InChI is InChI=1S/C21H26F3N5O2/c1-3-31-19-15(7-4-8-25-19)20(30)28-9-5-6-14(12-28)16-11-17(21(22,23)24)29-18(26-16)10-13(2)27-29/h4,7-8,10,14,16-17,26H,3,5-6,9,11-12H2,1-2H3/t14-,16-,17-/m0/s1. The summed E-state index contributed by atoms with van der Waals surface area (Å²) in [4.78, 5) is 19.0. The van der Waals surface area contributed by atoms with Crippen LogP contribution >= 0.6 is 0 Å². The highest BCUT2D eigenvalue weighted by Gasteiger charge is 2.48. The Hall–Kier alpha value is -2.78. The average molecular weight is 437 g/mol. The van der Waals surface area contributed by atoms with Crippen LogP contribution in [0.2, 0.25) is 0 Å². The number of carbonyl (C=O) groups excluding carboxylic acids is 1. The fourth-order valence-corrected chi connectivity index (χ4v) is 4.53. The maximum atomic E-state index is 13.7. The number of hydrogen-bond acceptors (Lipinski definition) is 5. The van der Waals surface area contributed by atoms with E-state index >= 15 is 0 Å². The van der Waals surface area contributed by atoms with Crippen molar-refractivity contribution in [2.24, 2.45) is 5.92 Å². The first-order valence-electron chi connectivity index (χ1n) is 10.5. The van der Waals surface area contributed by atoms with E-state index in [0.29, 0.717) is 36.8 Å². The number of likely N-dealkylation sites (tertiary alicyclic amines) is 1. The Balaban J connectivity index is 1.53. The molecule has 0 spiro atoms. The minimum absolute atomic E-state index is 0.0984. The minimum Gasteiger partial charge on any atom is -0.477 e. The summed E-state index contributed by atoms with van der Waals surface area (Å²) < 4.78 is 47.7. The van der Waals surface area contributed by atoms with E-state index in [1.807, 2.05) is 6.92 Å². The molecule has 10 heteroatoms. The van der Waals surface area contributed by atoms with Gasteiger partial charge in [0.25, 0.3) is 5.91 Å². The van der Waals surface area contributed by atoms with Gasteiger partial charge in [0.15, 0.2) is 6.04 Å². The number of rotatable bonds is 4. The fraction of sp³-hybridized carbons (Fsp3) is 0.571. The molecule has 2 aliphatic rings. The molecule has 1 amide bonds. The van der Waals surface area contributed by atoms with Crippen molar-refractivity contribution in [2.45, 2.75) is 51.4 Å². The molecule has 168 valence electrons. The summed E-state index contributed by atoms with van der Waals surface area (Å²) in [6.07, 6.45) is -1.45. The van der Waals surface area contributed by atoms with Crippen LogP contribution < -0.4 is 10.1 Å². The molecule has 1 fully saturated rings. The van der Waals surface area contributed by atoms with Crippen molar-refractivity contribution >= 4 is 11.7 Å². The van der Waals surface area contributed by atoms with Crippen molar-refractivity contribution in [1.29, 1.82) is 0 Å². The summed E-state index contributed by atoms with van der Waals surface area (Å²) in [6, 6.07) is 2.92. The third-order valence-corrected chi connectivity index (χ3v) is 5.94. The molecule has 0 saturated carbocycles. The molecule has 4 heterocycles. The molecule has 7 nitrogen and oxygen atoms in total. The lowest BCUT2D eigenvalue weighted by Gasteiger charge is -2.41. The number of hydrogen-bond donors (Lipinski definition) is 1. The van der Waals surface area contributed by atoms with E-state index in [-0.39, 0.29) is 24.1 Å². The summed E-state index contributed by atoms with van der Waals surface area (Å²) in [6.45, 7) is 4.83. The summed E-state index contributed by atoms with van der Waals surface area (Å²) in [7, 11) is 0. The topological polar surface area (TPSA) is 72.3 Å². The number of piperidine rings is 1. The zero-order valence-corrected chi connectivity index (χ0v) is 17.5. The van der Waals surface area contributed by atoms with Crippen LogP contribution in [0.1, 0.15) is 48.3 Å². The van der Waals surface area contributed by atoms with Crippen LogP contribution in [0.3, 0.4) is 0 Å². The van der Waals surface area contributed by atoms with Gasteiger partial charge >= 0.3 is 6.18 Å². The second kappa shape index (κ2) is 8.39. The zero-order valence-electron chi connectivity index (χ0n) is 17.5. The molecule has 1 N–H and O–H groups in total. The van der Waals surface area contributed by atoms with E-state index in [2.05, 4.69) is 15.4 Å². The Bertz CT molecular complexity index is 945. The normalized spacial score (nSPS) is 23.8. The fourth-order valence-electron chi connectivity index (χ4n) is 4.53. The first-order chi connectivity index (χ1) is 14.8. The van der Waals surface area contributed by atoms with Crippen molar-refractivity contribution in [3.8, 4) is 5.88 Å². The number of alkyl halides is 3. The molecule has 0 aliphatic carbocycles. The van der Waals surface area contributed by atoms with Gasteiger partial charge in [-0.15, -0.1) is 0 Å². The highest BCUT2D eigenvalue weighted by molar-refractivity contribution is 5.96. The molecule has 4 rings (SSSR count). The number of anilines is 1. The molecule has 2 aromatic heterocycles. The van der Waals surface area contributed by atoms with Gasteiger partial charge in [0.1, 0.15) is 11.4 Å². The van der Waals surface area contributed by atoms with Crippen molar-refractivity contribution in [3.05, 3.63) is 35.7 Å². The van der Waals surface area contributed by atoms with Gasteiger partial charge in [-0.1, -0.05) is 0 Å². The molecule has 0 bridgehead atoms. The Labute approximate surface area is 178 Å². The van der Waals surface area contributed by atoms with E-state index in [4.69, 9.17) is 4.74 Å². The number of ether oxygens (including phenoxy) is 1. The van der Waals surface area contributed by atoms with Gasteiger partial charge < -0.3 is 15.0 Å². The first kappa shape index (κ1) is 21.5. The number of halogens is 3. The predicted octanol–water partition coefficient (Wildman–Crippen LogP) is 3.83. The maximum absolute atomic E-state index is 13.7. The molecular formula is C21H26F3N5O2. The lowest BCUT2D eigenvalue weighted by Crippen LogP contribution is -2.49. The van der Waals surface area contributed by atoms with E-state index in [0.717, 1.165) is 17.5 Å². The van der Waals surface area contributed by atoms with Crippen LogP contribution in [0.5, 0.6) is 5.88 Å². The zero-order chi connectivity index (χ0) is 22.2. The summed E-state index contributed by atoms with van der Waals surface area (Å²) in [5.74, 6) is 0.360. The molecule has 2 aliphatic heterocycles. The number of carbonyl (C=O) groups is 1. The van der Waals surface area contributed by atoms with E-state index in [1.54, 1.807) is 36.2 Å². The van der Waals surface area contributed by atoms with Crippen LogP contribution in [0.25, 0.3) is 0 Å². The lowest BCUT2D eigenvalue weighted by molar-refractivity contribution is -0.174. The van der Waals surface area contributed by atoms with E-state index < -0.39 is 18.3 Å². The largest absolute Gasteiger partial charge is 0.477 e. The first-order valence-corrected chi connectivity index (χ1v) is 10.5. The van der Waals surface area contributed by atoms with Gasteiger partial charge in [0, 0.05) is 31.4 Å². The molecule has 2 aromatic rings. The molecular weight excluding hydrogens is 411 g/mol. The highest BCUT2D eigenvalue weighted by atomic mass is 19.4. The summed E-state index contributed by atoms with van der Waals surface area (Å²) in [5.41, 5.74) is 0.918. The van der Waals surface area contributed by atoms with Crippen LogP contribution in [0.15, 0.2) is 24.4 Å². The monoisotopic (exact) mass is 437 g/mol. The number of amides is 1. The van der Waals surface area contributed by atoms with Gasteiger partial charge in [0.2, 0.25) is 5.88 Å². The second-order valence-electron chi connectivity index (χ2n) is 8.10. The maximum Gasteiger partial charge on any atom is 0.410 e. The predicted molar refractivity (Wildman–Crippen MR) is 108 cm³/mol. The third-order valence-electron chi connectivity index (χ3n) is 5.94.